The van der Waals surface area contributed by atoms with E-state index in [1.54, 1.807) is 14.2 Å². The van der Waals surface area contributed by atoms with Gasteiger partial charge in [-0.05, 0) is 46.8 Å². The van der Waals surface area contributed by atoms with Gasteiger partial charge in [-0.1, -0.05) is 0 Å². The number of methoxy groups -OCH3 is 2. The molecule has 2 rings (SSSR count). The van der Waals surface area contributed by atoms with E-state index in [1.165, 1.54) is 0 Å². The van der Waals surface area contributed by atoms with Gasteiger partial charge >= 0.3 is 0 Å². The zero-order valence-corrected chi connectivity index (χ0v) is 12.8. The molecule has 0 bridgehead atoms. The summed E-state index contributed by atoms with van der Waals surface area (Å²) in [5.41, 5.74) is 0.780. The molecule has 1 fully saturated rings. The van der Waals surface area contributed by atoms with Crippen LogP contribution in [0.5, 0.6) is 11.5 Å². The quantitative estimate of drug-likeness (QED) is 0.901. The molecule has 1 N–H and O–H groups in total. The second-order valence-corrected chi connectivity index (χ2v) is 5.48. The first-order valence-corrected chi connectivity index (χ1v) is 7.12. The van der Waals surface area contributed by atoms with Gasteiger partial charge in [0.05, 0.1) is 20.3 Å². The van der Waals surface area contributed by atoms with Crippen molar-refractivity contribution in [2.45, 2.75) is 18.9 Å². The molecule has 1 aliphatic heterocycles. The number of ether oxygens (including phenoxy) is 3. The SMILES string of the molecule is COc1ccc(C(O)CC2CCOC2)c(OC)c1Br. The van der Waals surface area contributed by atoms with Crippen molar-refractivity contribution in [2.24, 2.45) is 5.92 Å². The van der Waals surface area contributed by atoms with E-state index < -0.39 is 6.10 Å². The third kappa shape index (κ3) is 3.22. The minimum absolute atomic E-state index is 0.417. The lowest BCUT2D eigenvalue weighted by Gasteiger charge is -2.19. The molecule has 106 valence electrons. The molecule has 0 spiro atoms. The highest BCUT2D eigenvalue weighted by Gasteiger charge is 2.24. The molecule has 0 radical (unpaired) electrons. The summed E-state index contributed by atoms with van der Waals surface area (Å²) in [6.07, 6.45) is 1.15. The maximum atomic E-state index is 10.4. The molecule has 1 aromatic rings. The van der Waals surface area contributed by atoms with Crippen LogP contribution in [0.15, 0.2) is 16.6 Å². The summed E-state index contributed by atoms with van der Waals surface area (Å²) in [6, 6.07) is 3.68. The van der Waals surface area contributed by atoms with Gasteiger partial charge in [0.2, 0.25) is 0 Å². The number of rotatable bonds is 5. The fourth-order valence-electron chi connectivity index (χ4n) is 2.39. The van der Waals surface area contributed by atoms with Gasteiger partial charge in [0.25, 0.3) is 0 Å². The lowest BCUT2D eigenvalue weighted by molar-refractivity contribution is 0.127. The Kier molecular flexibility index (Phi) is 5.07. The minimum atomic E-state index is -0.552. The van der Waals surface area contributed by atoms with Crippen LogP contribution in [0.2, 0.25) is 0 Å². The Morgan fingerprint density at radius 3 is 2.79 bits per heavy atom. The van der Waals surface area contributed by atoms with E-state index in [-0.39, 0.29) is 0 Å². The Hall–Kier alpha value is -0.780. The molecule has 1 aromatic carbocycles. The largest absolute Gasteiger partial charge is 0.495 e. The summed E-state index contributed by atoms with van der Waals surface area (Å²) in [6.45, 7) is 1.53. The van der Waals surface area contributed by atoms with Crippen molar-refractivity contribution in [2.75, 3.05) is 27.4 Å². The molecule has 2 unspecified atom stereocenters. The van der Waals surface area contributed by atoms with E-state index in [1.807, 2.05) is 12.1 Å². The highest BCUT2D eigenvalue weighted by Crippen LogP contribution is 2.41. The van der Waals surface area contributed by atoms with E-state index in [9.17, 15) is 5.11 Å². The zero-order chi connectivity index (χ0) is 13.8. The number of aliphatic hydroxyl groups is 1. The molecule has 0 aromatic heterocycles. The van der Waals surface area contributed by atoms with Crippen LogP contribution in [0.3, 0.4) is 0 Å². The maximum Gasteiger partial charge on any atom is 0.142 e. The molecule has 0 amide bonds. The monoisotopic (exact) mass is 330 g/mol. The summed E-state index contributed by atoms with van der Waals surface area (Å²) in [5, 5.41) is 10.4. The molecule has 0 aliphatic carbocycles. The van der Waals surface area contributed by atoms with Gasteiger partial charge in [0.15, 0.2) is 0 Å². The van der Waals surface area contributed by atoms with Crippen LogP contribution >= 0.6 is 15.9 Å². The first-order chi connectivity index (χ1) is 9.17. The van der Waals surface area contributed by atoms with E-state index in [0.717, 1.165) is 29.7 Å². The lowest BCUT2D eigenvalue weighted by atomic mass is 9.95. The molecule has 0 saturated carbocycles. The Bertz CT molecular complexity index is 430. The molecule has 5 heteroatoms. The van der Waals surface area contributed by atoms with Crippen LogP contribution in [-0.2, 0) is 4.74 Å². The van der Waals surface area contributed by atoms with Crippen molar-refractivity contribution in [1.82, 2.24) is 0 Å². The topological polar surface area (TPSA) is 47.9 Å². The molecule has 19 heavy (non-hydrogen) atoms. The Morgan fingerprint density at radius 2 is 2.21 bits per heavy atom. The number of hydrogen-bond acceptors (Lipinski definition) is 4. The predicted molar refractivity (Wildman–Crippen MR) is 75.7 cm³/mol. The van der Waals surface area contributed by atoms with Crippen LogP contribution < -0.4 is 9.47 Å². The Morgan fingerprint density at radius 1 is 1.42 bits per heavy atom. The predicted octanol–water partition coefficient (Wildman–Crippen LogP) is 2.93. The zero-order valence-electron chi connectivity index (χ0n) is 11.2. The van der Waals surface area contributed by atoms with E-state index in [0.29, 0.717) is 23.8 Å². The van der Waals surface area contributed by atoms with Crippen molar-refractivity contribution in [3.05, 3.63) is 22.2 Å². The Balaban J connectivity index is 2.20. The number of halogens is 1. The molecule has 2 atom stereocenters. The van der Waals surface area contributed by atoms with Crippen LogP contribution in [0.1, 0.15) is 24.5 Å². The lowest BCUT2D eigenvalue weighted by Crippen LogP contribution is -2.09. The first-order valence-electron chi connectivity index (χ1n) is 6.33. The van der Waals surface area contributed by atoms with Crippen molar-refractivity contribution in [3.63, 3.8) is 0 Å². The highest BCUT2D eigenvalue weighted by atomic mass is 79.9. The Labute approximate surface area is 121 Å². The third-order valence-electron chi connectivity index (χ3n) is 3.46. The third-order valence-corrected chi connectivity index (χ3v) is 4.21. The molecular weight excluding hydrogens is 312 g/mol. The van der Waals surface area contributed by atoms with E-state index in [4.69, 9.17) is 14.2 Å². The van der Waals surface area contributed by atoms with Gasteiger partial charge in [-0.15, -0.1) is 0 Å². The van der Waals surface area contributed by atoms with Crippen LogP contribution in [0.25, 0.3) is 0 Å². The highest BCUT2D eigenvalue weighted by molar-refractivity contribution is 9.10. The van der Waals surface area contributed by atoms with Gasteiger partial charge in [-0.3, -0.25) is 0 Å². The van der Waals surface area contributed by atoms with Gasteiger partial charge < -0.3 is 19.3 Å². The van der Waals surface area contributed by atoms with Crippen molar-refractivity contribution in [3.8, 4) is 11.5 Å². The van der Waals surface area contributed by atoms with Crippen molar-refractivity contribution in [1.29, 1.82) is 0 Å². The average molecular weight is 331 g/mol. The fourth-order valence-corrected chi connectivity index (χ4v) is 3.08. The summed E-state index contributed by atoms with van der Waals surface area (Å²) in [5.74, 6) is 1.74. The van der Waals surface area contributed by atoms with Gasteiger partial charge in [0.1, 0.15) is 16.0 Å². The number of aliphatic hydroxyl groups excluding tert-OH is 1. The molecular formula is C14H19BrO4. The first kappa shape index (κ1) is 14.6. The summed E-state index contributed by atoms with van der Waals surface area (Å²) in [4.78, 5) is 0. The summed E-state index contributed by atoms with van der Waals surface area (Å²) >= 11 is 3.45. The van der Waals surface area contributed by atoms with Gasteiger partial charge in [0, 0.05) is 18.8 Å². The van der Waals surface area contributed by atoms with Crippen molar-refractivity contribution < 1.29 is 19.3 Å². The molecule has 4 nitrogen and oxygen atoms in total. The van der Waals surface area contributed by atoms with Crippen molar-refractivity contribution >= 4 is 15.9 Å². The van der Waals surface area contributed by atoms with Gasteiger partial charge in [-0.2, -0.15) is 0 Å². The molecule has 1 saturated heterocycles. The van der Waals surface area contributed by atoms with Gasteiger partial charge in [-0.25, -0.2) is 0 Å². The normalized spacial score (nSPS) is 20.3. The molecule has 1 heterocycles. The maximum absolute atomic E-state index is 10.4. The van der Waals surface area contributed by atoms with E-state index >= 15 is 0 Å². The minimum Gasteiger partial charge on any atom is -0.495 e. The second-order valence-electron chi connectivity index (χ2n) is 4.69. The number of hydrogen-bond donors (Lipinski definition) is 1. The molecule has 1 aliphatic rings. The summed E-state index contributed by atoms with van der Waals surface area (Å²) < 4.78 is 16.7. The smallest absolute Gasteiger partial charge is 0.142 e. The second kappa shape index (κ2) is 6.59. The van der Waals surface area contributed by atoms with Crippen LogP contribution in [-0.4, -0.2) is 32.5 Å². The average Bonchev–Trinajstić information content (AvgIpc) is 2.91. The summed E-state index contributed by atoms with van der Waals surface area (Å²) in [7, 11) is 3.19. The standard InChI is InChI=1S/C14H19BrO4/c1-17-12-4-3-10(14(18-2)13(12)15)11(16)7-9-5-6-19-8-9/h3-4,9,11,16H,5-8H2,1-2H3. The van der Waals surface area contributed by atoms with Crippen LogP contribution in [0, 0.1) is 5.92 Å². The van der Waals surface area contributed by atoms with Crippen LogP contribution in [0.4, 0.5) is 0 Å². The fraction of sp³-hybridized carbons (Fsp3) is 0.571. The number of benzene rings is 1. The van der Waals surface area contributed by atoms with E-state index in [2.05, 4.69) is 15.9 Å².